The van der Waals surface area contributed by atoms with Crippen molar-refractivity contribution < 1.29 is 23.1 Å². The van der Waals surface area contributed by atoms with Crippen LogP contribution in [-0.2, 0) is 11.2 Å². The molecule has 1 aromatic rings. The van der Waals surface area contributed by atoms with Gasteiger partial charge in [0.25, 0.3) is 0 Å². The summed E-state index contributed by atoms with van der Waals surface area (Å²) in [5.74, 6) is -1.25. The fourth-order valence-electron chi connectivity index (χ4n) is 2.14. The van der Waals surface area contributed by atoms with E-state index in [0.29, 0.717) is 12.8 Å². The van der Waals surface area contributed by atoms with Crippen molar-refractivity contribution in [3.8, 4) is 0 Å². The largest absolute Gasteiger partial charge is 0.480 e. The maximum Gasteiger partial charge on any atom is 0.401 e. The van der Waals surface area contributed by atoms with Gasteiger partial charge in [0, 0.05) is 6.04 Å². The van der Waals surface area contributed by atoms with Crippen LogP contribution in [0.25, 0.3) is 0 Å². The number of benzene rings is 1. The Hall–Kier alpha value is -1.56. The molecule has 6 heteroatoms. The first-order chi connectivity index (χ1) is 9.31. The number of aliphatic carboxylic acids is 1. The Balaban J connectivity index is 2.81. The Morgan fingerprint density at radius 1 is 1.30 bits per heavy atom. The molecule has 0 aliphatic heterocycles. The standard InChI is InChI=1S/C14H18F3NO2/c1-2-12(8-11-6-4-3-5-7-11)18(9-13(19)20)10-14(15,16)17/h3-7,12H,2,8-10H2,1H3,(H,19,20). The summed E-state index contributed by atoms with van der Waals surface area (Å²) in [7, 11) is 0. The second kappa shape index (κ2) is 7.28. The Bertz CT molecular complexity index is 420. The quantitative estimate of drug-likeness (QED) is 0.839. The molecule has 0 radical (unpaired) electrons. The number of alkyl halides is 3. The molecule has 0 aromatic heterocycles. The molecule has 0 heterocycles. The average Bonchev–Trinajstić information content (AvgIpc) is 2.34. The van der Waals surface area contributed by atoms with Gasteiger partial charge < -0.3 is 5.11 Å². The van der Waals surface area contributed by atoms with Crippen molar-refractivity contribution in [2.45, 2.75) is 32.0 Å². The molecule has 1 N–H and O–H groups in total. The number of hydrogen-bond donors (Lipinski definition) is 1. The molecular weight excluding hydrogens is 271 g/mol. The van der Waals surface area contributed by atoms with Crippen molar-refractivity contribution in [2.24, 2.45) is 0 Å². The summed E-state index contributed by atoms with van der Waals surface area (Å²) < 4.78 is 37.7. The summed E-state index contributed by atoms with van der Waals surface area (Å²) in [6.07, 6.45) is -3.54. The monoisotopic (exact) mass is 289 g/mol. The van der Waals surface area contributed by atoms with Crippen molar-refractivity contribution >= 4 is 5.97 Å². The molecule has 1 rings (SSSR count). The van der Waals surface area contributed by atoms with E-state index in [9.17, 15) is 18.0 Å². The maximum atomic E-state index is 12.6. The van der Waals surface area contributed by atoms with E-state index in [1.54, 1.807) is 6.92 Å². The zero-order valence-corrected chi connectivity index (χ0v) is 11.2. The van der Waals surface area contributed by atoms with E-state index < -0.39 is 31.3 Å². The van der Waals surface area contributed by atoms with E-state index in [0.717, 1.165) is 10.5 Å². The average molecular weight is 289 g/mol. The van der Waals surface area contributed by atoms with Gasteiger partial charge in [-0.05, 0) is 18.4 Å². The van der Waals surface area contributed by atoms with Crippen molar-refractivity contribution in [1.82, 2.24) is 4.90 Å². The topological polar surface area (TPSA) is 40.5 Å². The second-order valence-electron chi connectivity index (χ2n) is 4.67. The van der Waals surface area contributed by atoms with Crippen LogP contribution in [0.3, 0.4) is 0 Å². The molecule has 3 nitrogen and oxygen atoms in total. The van der Waals surface area contributed by atoms with Gasteiger partial charge in [0.2, 0.25) is 0 Å². The molecule has 0 amide bonds. The van der Waals surface area contributed by atoms with Crippen LogP contribution in [0.2, 0.25) is 0 Å². The Labute approximate surface area is 116 Å². The van der Waals surface area contributed by atoms with Crippen LogP contribution in [0.15, 0.2) is 30.3 Å². The summed E-state index contributed by atoms with van der Waals surface area (Å²) in [4.78, 5) is 11.7. The molecule has 0 saturated carbocycles. The molecule has 0 saturated heterocycles. The van der Waals surface area contributed by atoms with Crippen LogP contribution >= 0.6 is 0 Å². The van der Waals surface area contributed by atoms with Crippen LogP contribution in [0, 0.1) is 0 Å². The lowest BCUT2D eigenvalue weighted by Crippen LogP contribution is -2.45. The highest BCUT2D eigenvalue weighted by molar-refractivity contribution is 5.69. The molecule has 0 spiro atoms. The number of hydrogen-bond acceptors (Lipinski definition) is 2. The van der Waals surface area contributed by atoms with Crippen molar-refractivity contribution in [1.29, 1.82) is 0 Å². The first-order valence-corrected chi connectivity index (χ1v) is 6.38. The lowest BCUT2D eigenvalue weighted by atomic mass is 10.0. The predicted octanol–water partition coefficient (Wildman–Crippen LogP) is 2.96. The molecule has 0 aliphatic rings. The second-order valence-corrected chi connectivity index (χ2v) is 4.67. The zero-order chi connectivity index (χ0) is 15.2. The third-order valence-electron chi connectivity index (χ3n) is 3.02. The lowest BCUT2D eigenvalue weighted by Gasteiger charge is -2.30. The van der Waals surface area contributed by atoms with Crippen molar-refractivity contribution in [3.05, 3.63) is 35.9 Å². The molecule has 0 bridgehead atoms. The fraction of sp³-hybridized carbons (Fsp3) is 0.500. The van der Waals surface area contributed by atoms with Crippen LogP contribution in [-0.4, -0.2) is 41.3 Å². The molecule has 1 aromatic carbocycles. The normalized spacial score (nSPS) is 13.4. The van der Waals surface area contributed by atoms with Gasteiger partial charge in [-0.25, -0.2) is 0 Å². The smallest absolute Gasteiger partial charge is 0.401 e. The van der Waals surface area contributed by atoms with Gasteiger partial charge in [0.1, 0.15) is 0 Å². The summed E-state index contributed by atoms with van der Waals surface area (Å²) in [5.41, 5.74) is 0.900. The number of halogens is 3. The number of carboxylic acids is 1. The van der Waals surface area contributed by atoms with E-state index >= 15 is 0 Å². The summed E-state index contributed by atoms with van der Waals surface area (Å²) in [6.45, 7) is -0.0473. The van der Waals surface area contributed by atoms with Gasteiger partial charge in [-0.15, -0.1) is 0 Å². The highest BCUT2D eigenvalue weighted by Crippen LogP contribution is 2.20. The highest BCUT2D eigenvalue weighted by atomic mass is 19.4. The summed E-state index contributed by atoms with van der Waals surface area (Å²) in [6, 6.07) is 8.66. The minimum absolute atomic E-state index is 0.403. The molecule has 1 unspecified atom stereocenters. The fourth-order valence-corrected chi connectivity index (χ4v) is 2.14. The number of carbonyl (C=O) groups is 1. The lowest BCUT2D eigenvalue weighted by molar-refractivity contribution is -0.158. The molecule has 112 valence electrons. The Morgan fingerprint density at radius 3 is 2.35 bits per heavy atom. The van der Waals surface area contributed by atoms with Gasteiger partial charge in [0.05, 0.1) is 13.1 Å². The first kappa shape index (κ1) is 16.5. The van der Waals surface area contributed by atoms with E-state index in [4.69, 9.17) is 5.11 Å². The summed E-state index contributed by atoms with van der Waals surface area (Å²) >= 11 is 0. The molecular formula is C14H18F3NO2. The third kappa shape index (κ3) is 6.06. The first-order valence-electron chi connectivity index (χ1n) is 6.38. The number of carboxylic acid groups (broad SMARTS) is 1. The SMILES string of the molecule is CCC(Cc1ccccc1)N(CC(=O)O)CC(F)(F)F. The molecule has 0 fully saturated rings. The minimum atomic E-state index is -4.40. The Kier molecular flexibility index (Phi) is 6.01. The van der Waals surface area contributed by atoms with Crippen LogP contribution in [0.5, 0.6) is 0 Å². The van der Waals surface area contributed by atoms with E-state index in [1.807, 2.05) is 30.3 Å². The van der Waals surface area contributed by atoms with E-state index in [1.165, 1.54) is 0 Å². The highest BCUT2D eigenvalue weighted by Gasteiger charge is 2.34. The van der Waals surface area contributed by atoms with E-state index in [2.05, 4.69) is 0 Å². The molecule has 20 heavy (non-hydrogen) atoms. The number of rotatable bonds is 7. The van der Waals surface area contributed by atoms with Gasteiger partial charge >= 0.3 is 12.1 Å². The van der Waals surface area contributed by atoms with Gasteiger partial charge in [0.15, 0.2) is 0 Å². The van der Waals surface area contributed by atoms with Crippen LogP contribution in [0.1, 0.15) is 18.9 Å². The predicted molar refractivity (Wildman–Crippen MR) is 69.5 cm³/mol. The zero-order valence-electron chi connectivity index (χ0n) is 11.2. The molecule has 1 atom stereocenters. The van der Waals surface area contributed by atoms with Gasteiger partial charge in [-0.1, -0.05) is 37.3 Å². The third-order valence-corrected chi connectivity index (χ3v) is 3.02. The maximum absolute atomic E-state index is 12.6. The number of nitrogens with zero attached hydrogens (tertiary/aromatic N) is 1. The van der Waals surface area contributed by atoms with Gasteiger partial charge in [-0.2, -0.15) is 13.2 Å². The minimum Gasteiger partial charge on any atom is -0.480 e. The van der Waals surface area contributed by atoms with Crippen molar-refractivity contribution in [3.63, 3.8) is 0 Å². The van der Waals surface area contributed by atoms with Crippen molar-refractivity contribution in [2.75, 3.05) is 13.1 Å². The molecule has 0 aliphatic carbocycles. The summed E-state index contributed by atoms with van der Waals surface area (Å²) in [5, 5.41) is 8.78. The van der Waals surface area contributed by atoms with E-state index in [-0.39, 0.29) is 0 Å². The Morgan fingerprint density at radius 2 is 1.90 bits per heavy atom. The van der Waals surface area contributed by atoms with Crippen LogP contribution in [0.4, 0.5) is 13.2 Å². The van der Waals surface area contributed by atoms with Gasteiger partial charge in [-0.3, -0.25) is 9.69 Å². The van der Waals surface area contributed by atoms with Crippen LogP contribution < -0.4 is 0 Å².